The lowest BCUT2D eigenvalue weighted by Gasteiger charge is -2.11. The molecule has 0 fully saturated rings. The fourth-order valence-electron chi connectivity index (χ4n) is 2.09. The van der Waals surface area contributed by atoms with E-state index in [1.54, 1.807) is 0 Å². The molecule has 0 saturated carbocycles. The summed E-state index contributed by atoms with van der Waals surface area (Å²) in [6.45, 7) is 4.10. The van der Waals surface area contributed by atoms with E-state index in [1.165, 1.54) is 5.56 Å². The highest BCUT2D eigenvalue weighted by Crippen LogP contribution is 2.15. The highest BCUT2D eigenvalue weighted by Gasteiger charge is 2.12. The molecule has 0 radical (unpaired) electrons. The Labute approximate surface area is 108 Å². The van der Waals surface area contributed by atoms with Crippen LogP contribution in [0.1, 0.15) is 35.6 Å². The maximum absolute atomic E-state index is 6.21. The number of aryl methyl sites for hydroxylation is 3. The van der Waals surface area contributed by atoms with Crippen molar-refractivity contribution in [2.24, 2.45) is 12.8 Å². The fourth-order valence-corrected chi connectivity index (χ4v) is 2.09. The van der Waals surface area contributed by atoms with Gasteiger partial charge in [0.15, 0.2) is 0 Å². The Bertz CT molecular complexity index is 513. The van der Waals surface area contributed by atoms with Crippen LogP contribution in [0, 0.1) is 6.92 Å². The molecule has 4 nitrogen and oxygen atoms in total. The van der Waals surface area contributed by atoms with Gasteiger partial charge in [0.05, 0.1) is 17.4 Å². The third kappa shape index (κ3) is 2.76. The monoisotopic (exact) mass is 244 g/mol. The van der Waals surface area contributed by atoms with Crippen molar-refractivity contribution in [1.29, 1.82) is 0 Å². The molecule has 2 heterocycles. The van der Waals surface area contributed by atoms with Crippen molar-refractivity contribution in [2.45, 2.75) is 32.7 Å². The molecule has 2 rings (SSSR count). The minimum atomic E-state index is -0.0591. The largest absolute Gasteiger partial charge is 0.322 e. The average molecular weight is 244 g/mol. The van der Waals surface area contributed by atoms with Crippen LogP contribution in [0.15, 0.2) is 24.4 Å². The predicted octanol–water partition coefficient (Wildman–Crippen LogP) is 1.93. The van der Waals surface area contributed by atoms with Gasteiger partial charge in [0, 0.05) is 25.4 Å². The molecule has 0 spiro atoms. The van der Waals surface area contributed by atoms with Gasteiger partial charge in [-0.3, -0.25) is 9.67 Å². The van der Waals surface area contributed by atoms with E-state index in [9.17, 15) is 0 Å². The smallest absolute Gasteiger partial charge is 0.0597 e. The topological polar surface area (TPSA) is 56.7 Å². The van der Waals surface area contributed by atoms with Gasteiger partial charge in [-0.25, -0.2) is 0 Å². The normalized spacial score (nSPS) is 12.7. The van der Waals surface area contributed by atoms with Crippen LogP contribution < -0.4 is 5.73 Å². The first-order valence-corrected chi connectivity index (χ1v) is 6.30. The molecule has 18 heavy (non-hydrogen) atoms. The first-order valence-electron chi connectivity index (χ1n) is 6.30. The summed E-state index contributed by atoms with van der Waals surface area (Å²) in [4.78, 5) is 4.44. The van der Waals surface area contributed by atoms with E-state index in [0.29, 0.717) is 0 Å². The molecule has 0 bridgehead atoms. The minimum absolute atomic E-state index is 0.0591. The van der Waals surface area contributed by atoms with Gasteiger partial charge in [-0.05, 0) is 31.0 Å². The molecule has 0 aromatic carbocycles. The summed E-state index contributed by atoms with van der Waals surface area (Å²) < 4.78 is 1.85. The van der Waals surface area contributed by atoms with Crippen LogP contribution in [0.5, 0.6) is 0 Å². The molecule has 1 atom stereocenters. The van der Waals surface area contributed by atoms with Crippen LogP contribution in [0.2, 0.25) is 0 Å². The van der Waals surface area contributed by atoms with E-state index in [4.69, 9.17) is 5.73 Å². The van der Waals surface area contributed by atoms with E-state index < -0.39 is 0 Å². The standard InChI is InChI=1S/C14H20N4/c1-4-11-5-6-12(16-9-11)8-13(15)14-7-10(2)17-18(14)3/h5-7,9,13H,4,8,15H2,1-3H3. The zero-order valence-corrected chi connectivity index (χ0v) is 11.2. The number of hydrogen-bond acceptors (Lipinski definition) is 3. The maximum Gasteiger partial charge on any atom is 0.0597 e. The first kappa shape index (κ1) is 12.8. The van der Waals surface area contributed by atoms with Gasteiger partial charge in [-0.1, -0.05) is 13.0 Å². The number of rotatable bonds is 4. The maximum atomic E-state index is 6.21. The Kier molecular flexibility index (Phi) is 3.77. The highest BCUT2D eigenvalue weighted by molar-refractivity contribution is 5.18. The van der Waals surface area contributed by atoms with Crippen molar-refractivity contribution in [3.8, 4) is 0 Å². The van der Waals surface area contributed by atoms with Gasteiger partial charge >= 0.3 is 0 Å². The van der Waals surface area contributed by atoms with Crippen molar-refractivity contribution in [1.82, 2.24) is 14.8 Å². The lowest BCUT2D eigenvalue weighted by atomic mass is 10.1. The zero-order valence-electron chi connectivity index (χ0n) is 11.2. The number of hydrogen-bond donors (Lipinski definition) is 1. The van der Waals surface area contributed by atoms with Crippen LogP contribution in [0.4, 0.5) is 0 Å². The summed E-state index contributed by atoms with van der Waals surface area (Å²) in [5, 5.41) is 4.32. The number of aromatic nitrogens is 3. The Morgan fingerprint density at radius 3 is 2.67 bits per heavy atom. The van der Waals surface area contributed by atoms with Gasteiger partial charge in [-0.2, -0.15) is 5.10 Å². The molecule has 0 amide bonds. The van der Waals surface area contributed by atoms with E-state index in [0.717, 1.165) is 29.9 Å². The van der Waals surface area contributed by atoms with Gasteiger partial charge < -0.3 is 5.73 Å². The van der Waals surface area contributed by atoms with Crippen molar-refractivity contribution >= 4 is 0 Å². The van der Waals surface area contributed by atoms with E-state index >= 15 is 0 Å². The van der Waals surface area contributed by atoms with E-state index in [2.05, 4.69) is 29.1 Å². The van der Waals surface area contributed by atoms with Crippen molar-refractivity contribution in [3.05, 3.63) is 47.0 Å². The molecule has 2 N–H and O–H groups in total. The summed E-state index contributed by atoms with van der Waals surface area (Å²) >= 11 is 0. The summed E-state index contributed by atoms with van der Waals surface area (Å²) in [6, 6.07) is 6.15. The second-order valence-corrected chi connectivity index (χ2v) is 4.66. The van der Waals surface area contributed by atoms with Crippen LogP contribution in [-0.4, -0.2) is 14.8 Å². The highest BCUT2D eigenvalue weighted by atomic mass is 15.3. The second kappa shape index (κ2) is 5.31. The van der Waals surface area contributed by atoms with Gasteiger partial charge in [-0.15, -0.1) is 0 Å². The minimum Gasteiger partial charge on any atom is -0.322 e. The predicted molar refractivity (Wildman–Crippen MR) is 72.2 cm³/mol. The molecule has 0 saturated heterocycles. The van der Waals surface area contributed by atoms with Gasteiger partial charge in [0.1, 0.15) is 0 Å². The third-order valence-electron chi connectivity index (χ3n) is 3.14. The van der Waals surface area contributed by atoms with Gasteiger partial charge in [0.2, 0.25) is 0 Å². The molecular weight excluding hydrogens is 224 g/mol. The number of pyridine rings is 1. The van der Waals surface area contributed by atoms with E-state index in [1.807, 2.05) is 30.9 Å². The number of nitrogens with two attached hydrogens (primary N) is 1. The van der Waals surface area contributed by atoms with Crippen LogP contribution in [0.3, 0.4) is 0 Å². The second-order valence-electron chi connectivity index (χ2n) is 4.66. The van der Waals surface area contributed by atoms with Crippen molar-refractivity contribution in [3.63, 3.8) is 0 Å². The van der Waals surface area contributed by atoms with E-state index in [-0.39, 0.29) is 6.04 Å². The molecule has 2 aromatic heterocycles. The summed E-state index contributed by atoms with van der Waals surface area (Å²) in [5.41, 5.74) is 10.5. The lowest BCUT2D eigenvalue weighted by molar-refractivity contribution is 0.609. The average Bonchev–Trinajstić information content (AvgIpc) is 2.69. The summed E-state index contributed by atoms with van der Waals surface area (Å²) in [7, 11) is 1.93. The zero-order chi connectivity index (χ0) is 13.1. The van der Waals surface area contributed by atoms with Crippen LogP contribution in [-0.2, 0) is 19.9 Å². The SMILES string of the molecule is CCc1ccc(CC(N)c2cc(C)nn2C)nc1. The summed E-state index contributed by atoms with van der Waals surface area (Å²) in [6.07, 6.45) is 3.68. The molecule has 0 aliphatic carbocycles. The Morgan fingerprint density at radius 1 is 1.39 bits per heavy atom. The Hall–Kier alpha value is -1.68. The van der Waals surface area contributed by atoms with Crippen molar-refractivity contribution < 1.29 is 0 Å². The van der Waals surface area contributed by atoms with Crippen LogP contribution in [0.25, 0.3) is 0 Å². The molecule has 0 aliphatic heterocycles. The van der Waals surface area contributed by atoms with Crippen molar-refractivity contribution in [2.75, 3.05) is 0 Å². The quantitative estimate of drug-likeness (QED) is 0.894. The molecule has 4 heteroatoms. The molecule has 1 unspecified atom stereocenters. The Morgan fingerprint density at radius 2 is 2.17 bits per heavy atom. The molecular formula is C14H20N4. The van der Waals surface area contributed by atoms with Crippen LogP contribution >= 0.6 is 0 Å². The first-order chi connectivity index (χ1) is 8.60. The molecule has 96 valence electrons. The van der Waals surface area contributed by atoms with Gasteiger partial charge in [0.25, 0.3) is 0 Å². The fraction of sp³-hybridized carbons (Fsp3) is 0.429. The Balaban J connectivity index is 2.10. The third-order valence-corrected chi connectivity index (χ3v) is 3.14. The molecule has 2 aromatic rings. The lowest BCUT2D eigenvalue weighted by Crippen LogP contribution is -2.17. The molecule has 0 aliphatic rings. The number of nitrogens with zero attached hydrogens (tertiary/aromatic N) is 3. The summed E-state index contributed by atoms with van der Waals surface area (Å²) in [5.74, 6) is 0.